The number of benzene rings is 2. The van der Waals surface area contributed by atoms with Gasteiger partial charge >= 0.3 is 6.09 Å². The van der Waals surface area contributed by atoms with E-state index in [4.69, 9.17) is 22.1 Å². The second kappa shape index (κ2) is 11.2. The summed E-state index contributed by atoms with van der Waals surface area (Å²) in [7, 11) is 0. The second-order valence-corrected chi connectivity index (χ2v) is 11.9. The number of primary amides is 1. The average Bonchev–Trinajstić information content (AvgIpc) is 3.48. The zero-order valence-corrected chi connectivity index (χ0v) is 24.4. The van der Waals surface area contributed by atoms with Crippen LogP contribution in [0.4, 0.5) is 16.2 Å². The van der Waals surface area contributed by atoms with Gasteiger partial charge in [-0.05, 0) is 81.7 Å². The second-order valence-electron chi connectivity index (χ2n) is 11.4. The van der Waals surface area contributed by atoms with Crippen molar-refractivity contribution in [2.75, 3.05) is 18.0 Å². The number of nitrogens with two attached hydrogens (primary N) is 1. The number of rotatable bonds is 3. The Morgan fingerprint density at radius 1 is 1.03 bits per heavy atom. The minimum absolute atomic E-state index is 0.0124. The van der Waals surface area contributed by atoms with E-state index in [2.05, 4.69) is 12.1 Å². The summed E-state index contributed by atoms with van der Waals surface area (Å²) in [5.41, 5.74) is 8.18. The quantitative estimate of drug-likeness (QED) is 0.440. The van der Waals surface area contributed by atoms with E-state index in [0.717, 1.165) is 49.8 Å². The molecule has 1 saturated carbocycles. The van der Waals surface area contributed by atoms with Crippen molar-refractivity contribution in [1.82, 2.24) is 4.90 Å². The Kier molecular flexibility index (Phi) is 8.31. The van der Waals surface area contributed by atoms with Gasteiger partial charge in [-0.25, -0.2) is 4.79 Å². The summed E-state index contributed by atoms with van der Waals surface area (Å²) in [5.74, 6) is -0.378. The molecule has 0 atom stereocenters. The molecular weight excluding hydrogens is 514 g/mol. The molecule has 8 heteroatoms. The average molecular weight is 554 g/mol. The van der Waals surface area contributed by atoms with Gasteiger partial charge in [0, 0.05) is 13.1 Å². The van der Waals surface area contributed by atoms with E-state index >= 15 is 0 Å². The lowest BCUT2D eigenvalue weighted by atomic mass is 9.78. The number of hydrogen-bond donors (Lipinski definition) is 1. The summed E-state index contributed by atoms with van der Waals surface area (Å²) in [4.78, 5) is 42.3. The van der Waals surface area contributed by atoms with Crippen molar-refractivity contribution in [1.29, 1.82) is 0 Å². The van der Waals surface area contributed by atoms with Gasteiger partial charge in [0.2, 0.25) is 5.91 Å². The number of ether oxygens (including phenoxy) is 1. The van der Waals surface area contributed by atoms with Crippen LogP contribution in [0.2, 0.25) is 5.02 Å². The third-order valence-corrected chi connectivity index (χ3v) is 8.26. The summed E-state index contributed by atoms with van der Waals surface area (Å²) in [6.45, 7) is 10.9. The summed E-state index contributed by atoms with van der Waals surface area (Å²) >= 11 is 6.35. The van der Waals surface area contributed by atoms with Gasteiger partial charge in [-0.2, -0.15) is 0 Å². The molecule has 1 aliphatic carbocycles. The van der Waals surface area contributed by atoms with Crippen molar-refractivity contribution in [2.24, 2.45) is 5.73 Å². The number of piperidine rings is 1. The van der Waals surface area contributed by atoms with E-state index in [1.807, 2.05) is 40.7 Å². The van der Waals surface area contributed by atoms with Gasteiger partial charge in [0.15, 0.2) is 0 Å². The van der Waals surface area contributed by atoms with Crippen LogP contribution in [0, 0.1) is 0 Å². The standard InChI is InChI=1S/C29H34ClN3O4.C2H6/c1-28(2,3)37-27(36)32-15-11-18(12-16-32)19-9-10-22-20(17-19)29(13-4-5-14-29)26(35)33(22)23-8-6-7-21(30)24(23)25(31)34;1-2/h6-10,17-18H,4-5,11-16H2,1-3H3,(H2,31,34);1-2H3. The first-order valence-corrected chi connectivity index (χ1v) is 14.4. The topological polar surface area (TPSA) is 92.9 Å². The molecule has 1 saturated heterocycles. The van der Waals surface area contributed by atoms with Crippen LogP contribution in [-0.2, 0) is 14.9 Å². The molecular formula is C31H40ClN3O4. The van der Waals surface area contributed by atoms with Crippen molar-refractivity contribution >= 4 is 40.9 Å². The number of fused-ring (bicyclic) bond motifs is 2. The number of hydrogen-bond acceptors (Lipinski definition) is 4. The monoisotopic (exact) mass is 553 g/mol. The molecule has 2 heterocycles. The minimum atomic E-state index is -0.657. The van der Waals surface area contributed by atoms with Crippen molar-refractivity contribution in [3.8, 4) is 0 Å². The lowest BCUT2D eigenvalue weighted by Gasteiger charge is -2.34. The molecule has 0 bridgehead atoms. The maximum Gasteiger partial charge on any atom is 0.410 e. The van der Waals surface area contributed by atoms with Crippen LogP contribution >= 0.6 is 11.6 Å². The van der Waals surface area contributed by atoms with E-state index in [-0.39, 0.29) is 22.6 Å². The predicted molar refractivity (Wildman–Crippen MR) is 155 cm³/mol. The minimum Gasteiger partial charge on any atom is -0.444 e. The number of nitrogens with zero attached hydrogens (tertiary/aromatic N) is 2. The Morgan fingerprint density at radius 3 is 2.26 bits per heavy atom. The van der Waals surface area contributed by atoms with Crippen LogP contribution in [0.25, 0.3) is 0 Å². The molecule has 2 N–H and O–H groups in total. The first-order chi connectivity index (χ1) is 18.5. The number of amides is 3. The Hall–Kier alpha value is -3.06. The fraction of sp³-hybridized carbons (Fsp3) is 0.516. The lowest BCUT2D eigenvalue weighted by molar-refractivity contribution is -0.122. The third kappa shape index (κ3) is 5.38. The van der Waals surface area contributed by atoms with Crippen LogP contribution in [0.15, 0.2) is 36.4 Å². The highest BCUT2D eigenvalue weighted by atomic mass is 35.5. The maximum atomic E-state index is 14.1. The van der Waals surface area contributed by atoms with Crippen LogP contribution < -0.4 is 10.6 Å². The van der Waals surface area contributed by atoms with E-state index in [1.165, 1.54) is 5.56 Å². The highest BCUT2D eigenvalue weighted by Gasteiger charge is 2.53. The van der Waals surface area contributed by atoms with Crippen molar-refractivity contribution in [3.05, 3.63) is 58.1 Å². The summed E-state index contributed by atoms with van der Waals surface area (Å²) in [6.07, 6.45) is 4.93. The number of halogens is 1. The van der Waals surface area contributed by atoms with E-state index in [0.29, 0.717) is 24.7 Å². The number of carbonyl (C=O) groups excluding carboxylic acids is 3. The molecule has 0 unspecified atom stereocenters. The van der Waals surface area contributed by atoms with Crippen LogP contribution in [0.5, 0.6) is 0 Å². The molecule has 3 amide bonds. The SMILES string of the molecule is CC.CC(C)(C)OC(=O)N1CCC(c2ccc3c(c2)C2(CCCC2)C(=O)N3c2cccc(Cl)c2C(N)=O)CC1. The molecule has 0 aromatic heterocycles. The van der Waals surface area contributed by atoms with Gasteiger partial charge in [-0.1, -0.05) is 56.5 Å². The third-order valence-electron chi connectivity index (χ3n) is 7.94. The Bertz CT molecular complexity index is 1250. The fourth-order valence-corrected chi connectivity index (χ4v) is 6.45. The molecule has 2 fully saturated rings. The predicted octanol–water partition coefficient (Wildman–Crippen LogP) is 7.07. The zero-order valence-electron chi connectivity index (χ0n) is 23.7. The zero-order chi connectivity index (χ0) is 28.5. The maximum absolute atomic E-state index is 14.1. The molecule has 5 rings (SSSR count). The first-order valence-electron chi connectivity index (χ1n) is 14.1. The van der Waals surface area contributed by atoms with Crippen LogP contribution in [0.1, 0.15) is 101 Å². The first kappa shape index (κ1) is 28.9. The number of carbonyl (C=O) groups is 3. The highest BCUT2D eigenvalue weighted by Crippen LogP contribution is 2.55. The summed E-state index contributed by atoms with van der Waals surface area (Å²) in [6, 6.07) is 11.4. The van der Waals surface area contributed by atoms with Gasteiger partial charge in [-0.15, -0.1) is 0 Å². The van der Waals surface area contributed by atoms with E-state index in [1.54, 1.807) is 28.0 Å². The number of likely N-dealkylation sites (tertiary alicyclic amines) is 1. The van der Waals surface area contributed by atoms with E-state index < -0.39 is 16.9 Å². The van der Waals surface area contributed by atoms with Crippen molar-refractivity contribution in [2.45, 2.75) is 90.1 Å². The Morgan fingerprint density at radius 2 is 1.67 bits per heavy atom. The fourth-order valence-electron chi connectivity index (χ4n) is 6.19. The summed E-state index contributed by atoms with van der Waals surface area (Å²) < 4.78 is 5.54. The smallest absolute Gasteiger partial charge is 0.410 e. The Balaban J connectivity index is 0.00000172. The molecule has 210 valence electrons. The van der Waals surface area contributed by atoms with Crippen LogP contribution in [-0.4, -0.2) is 41.5 Å². The molecule has 7 nitrogen and oxygen atoms in total. The number of anilines is 2. The lowest BCUT2D eigenvalue weighted by Crippen LogP contribution is -2.41. The highest BCUT2D eigenvalue weighted by molar-refractivity contribution is 6.35. The van der Waals surface area contributed by atoms with E-state index in [9.17, 15) is 14.4 Å². The Labute approximate surface area is 236 Å². The molecule has 3 aliphatic rings. The van der Waals surface area contributed by atoms with Gasteiger partial charge in [0.05, 0.1) is 27.4 Å². The largest absolute Gasteiger partial charge is 0.444 e. The molecule has 0 radical (unpaired) electrons. The van der Waals surface area contributed by atoms with Gasteiger partial charge < -0.3 is 15.4 Å². The van der Waals surface area contributed by atoms with Crippen molar-refractivity contribution in [3.63, 3.8) is 0 Å². The van der Waals surface area contributed by atoms with Gasteiger partial charge in [0.25, 0.3) is 5.91 Å². The molecule has 2 aromatic carbocycles. The molecule has 2 aliphatic heterocycles. The van der Waals surface area contributed by atoms with Crippen molar-refractivity contribution < 1.29 is 19.1 Å². The van der Waals surface area contributed by atoms with Crippen LogP contribution in [0.3, 0.4) is 0 Å². The summed E-state index contributed by atoms with van der Waals surface area (Å²) in [5, 5.41) is 0.236. The molecule has 2 aromatic rings. The van der Waals surface area contributed by atoms with Gasteiger partial charge in [-0.3, -0.25) is 14.5 Å². The van der Waals surface area contributed by atoms with Gasteiger partial charge in [0.1, 0.15) is 5.60 Å². The molecule has 39 heavy (non-hydrogen) atoms. The molecule has 1 spiro atoms. The normalized spacial score (nSPS) is 18.6.